The van der Waals surface area contributed by atoms with Crippen LogP contribution in [0, 0.1) is 5.92 Å². The Bertz CT molecular complexity index is 491. The molecule has 0 saturated heterocycles. The van der Waals surface area contributed by atoms with E-state index in [1.807, 2.05) is 0 Å². The molecule has 0 aliphatic rings. The van der Waals surface area contributed by atoms with Gasteiger partial charge < -0.3 is 14.6 Å². The summed E-state index contributed by atoms with van der Waals surface area (Å²) in [6.07, 6.45) is 24.4. The van der Waals surface area contributed by atoms with Crippen LogP contribution in [0.2, 0.25) is 0 Å². The average molecular weight is 513 g/mol. The van der Waals surface area contributed by atoms with Crippen LogP contribution in [0.5, 0.6) is 0 Å². The highest BCUT2D eigenvalue weighted by Crippen LogP contribution is 2.14. The van der Waals surface area contributed by atoms with E-state index in [0.29, 0.717) is 12.8 Å². The summed E-state index contributed by atoms with van der Waals surface area (Å²) in [5.74, 6) is 0.233. The fourth-order valence-electron chi connectivity index (χ4n) is 4.39. The summed E-state index contributed by atoms with van der Waals surface area (Å²) in [4.78, 5) is 23.7. The van der Waals surface area contributed by atoms with Crippen LogP contribution in [0.3, 0.4) is 0 Å². The highest BCUT2D eigenvalue weighted by Gasteiger charge is 2.12. The molecule has 0 amide bonds. The minimum Gasteiger partial charge on any atom is -0.463 e. The standard InChI is InChI=1S/C31H60O5/c1-4-5-6-7-8-9-10-11-12-15-18-21-24-30(33)35-26-29(32)27-36-31(34)25-22-19-16-13-14-17-20-23-28(2)3/h28-29,32H,4-27H2,1-3H3/t29-/m1/s1. The molecule has 0 fully saturated rings. The monoisotopic (exact) mass is 512 g/mol. The van der Waals surface area contributed by atoms with E-state index in [0.717, 1.165) is 38.0 Å². The second kappa shape index (κ2) is 26.9. The first kappa shape index (κ1) is 34.9. The second-order valence-corrected chi connectivity index (χ2v) is 11.1. The molecule has 0 radical (unpaired) electrons. The van der Waals surface area contributed by atoms with Gasteiger partial charge in [-0.05, 0) is 18.8 Å². The van der Waals surface area contributed by atoms with Crippen molar-refractivity contribution in [1.29, 1.82) is 0 Å². The molecule has 0 saturated carbocycles. The molecule has 0 aliphatic carbocycles. The highest BCUT2D eigenvalue weighted by atomic mass is 16.6. The van der Waals surface area contributed by atoms with Crippen LogP contribution < -0.4 is 0 Å². The Morgan fingerprint density at radius 1 is 0.556 bits per heavy atom. The zero-order valence-corrected chi connectivity index (χ0v) is 24.2. The number of carbonyl (C=O) groups is 2. The molecular formula is C31H60O5. The number of aliphatic hydroxyl groups excluding tert-OH is 1. The van der Waals surface area contributed by atoms with Gasteiger partial charge in [-0.1, -0.05) is 136 Å². The summed E-state index contributed by atoms with van der Waals surface area (Å²) in [5, 5.41) is 9.91. The van der Waals surface area contributed by atoms with Gasteiger partial charge in [0.2, 0.25) is 0 Å². The van der Waals surface area contributed by atoms with Gasteiger partial charge in [-0.25, -0.2) is 0 Å². The van der Waals surface area contributed by atoms with Gasteiger partial charge in [-0.15, -0.1) is 0 Å². The first-order chi connectivity index (χ1) is 17.5. The summed E-state index contributed by atoms with van der Waals surface area (Å²) < 4.78 is 10.2. The van der Waals surface area contributed by atoms with Gasteiger partial charge in [-0.2, -0.15) is 0 Å². The molecule has 0 aromatic heterocycles. The molecule has 0 rings (SSSR count). The van der Waals surface area contributed by atoms with Crippen LogP contribution in [-0.4, -0.2) is 36.4 Å². The van der Waals surface area contributed by atoms with E-state index >= 15 is 0 Å². The average Bonchev–Trinajstić information content (AvgIpc) is 2.85. The van der Waals surface area contributed by atoms with Crippen molar-refractivity contribution < 1.29 is 24.2 Å². The van der Waals surface area contributed by atoms with Crippen LogP contribution in [-0.2, 0) is 19.1 Å². The van der Waals surface area contributed by atoms with Gasteiger partial charge >= 0.3 is 11.9 Å². The lowest BCUT2D eigenvalue weighted by Gasteiger charge is -2.12. The van der Waals surface area contributed by atoms with E-state index in [4.69, 9.17) is 9.47 Å². The van der Waals surface area contributed by atoms with E-state index in [9.17, 15) is 14.7 Å². The van der Waals surface area contributed by atoms with Crippen LogP contribution in [0.25, 0.3) is 0 Å². The lowest BCUT2D eigenvalue weighted by Crippen LogP contribution is -2.25. The minimum absolute atomic E-state index is 0.110. The summed E-state index contributed by atoms with van der Waals surface area (Å²) >= 11 is 0. The molecule has 5 heteroatoms. The number of carbonyl (C=O) groups excluding carboxylic acids is 2. The van der Waals surface area contributed by atoms with E-state index in [2.05, 4.69) is 20.8 Å². The molecule has 0 unspecified atom stereocenters. The maximum Gasteiger partial charge on any atom is 0.305 e. The second-order valence-electron chi connectivity index (χ2n) is 11.1. The molecule has 36 heavy (non-hydrogen) atoms. The predicted octanol–water partition coefficient (Wildman–Crippen LogP) is 8.69. The number of aliphatic hydroxyl groups is 1. The third-order valence-electron chi connectivity index (χ3n) is 6.77. The van der Waals surface area contributed by atoms with Crippen molar-refractivity contribution in [3.63, 3.8) is 0 Å². The number of esters is 2. The quantitative estimate of drug-likeness (QED) is 0.0880. The highest BCUT2D eigenvalue weighted by molar-refractivity contribution is 5.69. The first-order valence-corrected chi connectivity index (χ1v) is 15.4. The van der Waals surface area contributed by atoms with Gasteiger partial charge in [0.25, 0.3) is 0 Å². The maximum atomic E-state index is 11.8. The smallest absolute Gasteiger partial charge is 0.305 e. The Balaban J connectivity index is 3.43. The fraction of sp³-hybridized carbons (Fsp3) is 0.935. The van der Waals surface area contributed by atoms with E-state index in [1.165, 1.54) is 96.3 Å². The molecule has 0 aromatic rings. The molecule has 0 heterocycles. The molecule has 0 aliphatic heterocycles. The summed E-state index contributed by atoms with van der Waals surface area (Å²) in [7, 11) is 0. The first-order valence-electron chi connectivity index (χ1n) is 15.4. The predicted molar refractivity (Wildman–Crippen MR) is 150 cm³/mol. The van der Waals surface area contributed by atoms with Crippen molar-refractivity contribution >= 4 is 11.9 Å². The normalized spacial score (nSPS) is 12.1. The van der Waals surface area contributed by atoms with Crippen molar-refractivity contribution in [2.75, 3.05) is 13.2 Å². The van der Waals surface area contributed by atoms with Gasteiger partial charge in [0.05, 0.1) is 0 Å². The number of hydrogen-bond acceptors (Lipinski definition) is 5. The molecule has 0 bridgehead atoms. The third-order valence-corrected chi connectivity index (χ3v) is 6.77. The van der Waals surface area contributed by atoms with Crippen molar-refractivity contribution in [2.45, 2.75) is 168 Å². The fourth-order valence-corrected chi connectivity index (χ4v) is 4.39. The lowest BCUT2D eigenvalue weighted by molar-refractivity contribution is -0.152. The Morgan fingerprint density at radius 2 is 0.889 bits per heavy atom. The minimum atomic E-state index is -0.953. The molecule has 0 aromatic carbocycles. The Kier molecular flexibility index (Phi) is 26.1. The Morgan fingerprint density at radius 3 is 1.25 bits per heavy atom. The van der Waals surface area contributed by atoms with E-state index in [-0.39, 0.29) is 25.2 Å². The van der Waals surface area contributed by atoms with Crippen LogP contribution in [0.15, 0.2) is 0 Å². The topological polar surface area (TPSA) is 72.8 Å². The zero-order chi connectivity index (χ0) is 26.7. The van der Waals surface area contributed by atoms with E-state index in [1.54, 1.807) is 0 Å². The largest absolute Gasteiger partial charge is 0.463 e. The van der Waals surface area contributed by atoms with Crippen LogP contribution >= 0.6 is 0 Å². The van der Waals surface area contributed by atoms with E-state index < -0.39 is 6.10 Å². The SMILES string of the molecule is CCCCCCCCCCCCCCC(=O)OC[C@@H](O)COC(=O)CCCCCCCCCC(C)C. The number of unbranched alkanes of at least 4 members (excludes halogenated alkanes) is 17. The van der Waals surface area contributed by atoms with Crippen molar-refractivity contribution in [3.05, 3.63) is 0 Å². The third kappa shape index (κ3) is 27.5. The van der Waals surface area contributed by atoms with Gasteiger partial charge in [0.1, 0.15) is 19.3 Å². The Labute approximate surface area is 223 Å². The lowest BCUT2D eigenvalue weighted by atomic mass is 10.0. The molecule has 5 nitrogen and oxygen atoms in total. The van der Waals surface area contributed by atoms with Crippen molar-refractivity contribution in [3.8, 4) is 0 Å². The molecule has 1 atom stereocenters. The zero-order valence-electron chi connectivity index (χ0n) is 24.2. The summed E-state index contributed by atoms with van der Waals surface area (Å²) in [5.41, 5.74) is 0. The number of rotatable bonds is 27. The van der Waals surface area contributed by atoms with Gasteiger partial charge in [-0.3, -0.25) is 9.59 Å². The number of ether oxygens (including phenoxy) is 2. The summed E-state index contributed by atoms with van der Waals surface area (Å²) in [6, 6.07) is 0. The molecule has 0 spiro atoms. The van der Waals surface area contributed by atoms with Gasteiger partial charge in [0, 0.05) is 12.8 Å². The maximum absolute atomic E-state index is 11.8. The molecule has 1 N–H and O–H groups in total. The van der Waals surface area contributed by atoms with Crippen LogP contribution in [0.4, 0.5) is 0 Å². The number of hydrogen-bond donors (Lipinski definition) is 1. The van der Waals surface area contributed by atoms with Crippen molar-refractivity contribution in [2.24, 2.45) is 5.92 Å². The summed E-state index contributed by atoms with van der Waals surface area (Å²) in [6.45, 7) is 6.57. The molecular weight excluding hydrogens is 452 g/mol. The van der Waals surface area contributed by atoms with Crippen molar-refractivity contribution in [1.82, 2.24) is 0 Å². The molecule has 214 valence electrons. The van der Waals surface area contributed by atoms with Crippen LogP contribution in [0.1, 0.15) is 162 Å². The van der Waals surface area contributed by atoms with Gasteiger partial charge in [0.15, 0.2) is 0 Å². The Hall–Kier alpha value is -1.10.